The summed E-state index contributed by atoms with van der Waals surface area (Å²) >= 11 is 0. The summed E-state index contributed by atoms with van der Waals surface area (Å²) in [7, 11) is 1.55. The summed E-state index contributed by atoms with van der Waals surface area (Å²) in [4.78, 5) is 23.9. The lowest BCUT2D eigenvalue weighted by atomic mass is 10.1. The molecule has 0 aromatic carbocycles. The highest BCUT2D eigenvalue weighted by Crippen LogP contribution is 2.05. The zero-order chi connectivity index (χ0) is 13.7. The zero-order valence-electron chi connectivity index (χ0n) is 11.3. The van der Waals surface area contributed by atoms with Gasteiger partial charge < -0.3 is 5.32 Å². The van der Waals surface area contributed by atoms with Gasteiger partial charge in [-0.05, 0) is 32.8 Å². The van der Waals surface area contributed by atoms with Crippen molar-refractivity contribution in [3.05, 3.63) is 39.3 Å². The summed E-state index contributed by atoms with van der Waals surface area (Å²) in [6.45, 7) is 5.97. The Hall–Kier alpha value is -1.91. The number of hydrogen-bond acceptors (Lipinski definition) is 3. The van der Waals surface area contributed by atoms with E-state index >= 15 is 0 Å². The molecular weight excluding hydrogens is 230 g/mol. The Bertz CT molecular complexity index is 530. The first-order chi connectivity index (χ1) is 8.49. The van der Waals surface area contributed by atoms with E-state index in [1.165, 1.54) is 4.68 Å². The Morgan fingerprint density at radius 3 is 2.72 bits per heavy atom. The van der Waals surface area contributed by atoms with Gasteiger partial charge in [0.2, 0.25) is 0 Å². The van der Waals surface area contributed by atoms with E-state index in [1.807, 2.05) is 19.1 Å². The molecule has 0 bridgehead atoms. The number of amides is 1. The van der Waals surface area contributed by atoms with E-state index in [-0.39, 0.29) is 17.0 Å². The van der Waals surface area contributed by atoms with E-state index in [1.54, 1.807) is 20.9 Å². The fourth-order valence-electron chi connectivity index (χ4n) is 1.64. The molecule has 1 heterocycles. The van der Waals surface area contributed by atoms with Crippen molar-refractivity contribution in [2.75, 3.05) is 6.54 Å². The number of allylic oxidation sites excluding steroid dienone is 1. The highest BCUT2D eigenvalue weighted by molar-refractivity contribution is 5.95. The predicted molar refractivity (Wildman–Crippen MR) is 70.7 cm³/mol. The van der Waals surface area contributed by atoms with Gasteiger partial charge in [0.15, 0.2) is 0 Å². The fraction of sp³-hybridized carbons (Fsp3) is 0.462. The van der Waals surface area contributed by atoms with Gasteiger partial charge in [0.05, 0.1) is 5.69 Å². The van der Waals surface area contributed by atoms with Crippen molar-refractivity contribution >= 4 is 5.91 Å². The van der Waals surface area contributed by atoms with Crippen LogP contribution in [-0.2, 0) is 7.05 Å². The van der Waals surface area contributed by atoms with E-state index in [4.69, 9.17) is 0 Å². The Kier molecular flexibility index (Phi) is 4.83. The van der Waals surface area contributed by atoms with Crippen LogP contribution in [0.3, 0.4) is 0 Å². The molecule has 1 aromatic rings. The van der Waals surface area contributed by atoms with E-state index in [9.17, 15) is 9.59 Å². The quantitative estimate of drug-likeness (QED) is 0.642. The standard InChI is InChI=1S/C13H19N3O2/c1-5-6-7-8-14-12(17)11-9(2)10(3)15-16(4)13(11)18/h5-6H,7-8H2,1-4H3,(H,14,17)/b6-5+. The van der Waals surface area contributed by atoms with Crippen molar-refractivity contribution in [2.45, 2.75) is 27.2 Å². The lowest BCUT2D eigenvalue weighted by Gasteiger charge is -2.09. The second-order valence-corrected chi connectivity index (χ2v) is 4.13. The Balaban J connectivity index is 2.95. The normalized spacial score (nSPS) is 10.9. The maximum Gasteiger partial charge on any atom is 0.279 e. The van der Waals surface area contributed by atoms with Crippen molar-refractivity contribution in [1.82, 2.24) is 15.1 Å². The van der Waals surface area contributed by atoms with Crippen LogP contribution >= 0.6 is 0 Å². The van der Waals surface area contributed by atoms with Gasteiger partial charge in [0.25, 0.3) is 11.5 Å². The molecule has 0 aliphatic rings. The number of carbonyl (C=O) groups is 1. The smallest absolute Gasteiger partial charge is 0.279 e. The van der Waals surface area contributed by atoms with E-state index in [0.29, 0.717) is 17.8 Å². The molecule has 98 valence electrons. The van der Waals surface area contributed by atoms with Gasteiger partial charge in [-0.1, -0.05) is 12.2 Å². The van der Waals surface area contributed by atoms with Gasteiger partial charge in [-0.3, -0.25) is 9.59 Å². The van der Waals surface area contributed by atoms with Crippen LogP contribution in [0.1, 0.15) is 35.0 Å². The third kappa shape index (κ3) is 3.06. The molecule has 5 nitrogen and oxygen atoms in total. The molecule has 0 aliphatic carbocycles. The summed E-state index contributed by atoms with van der Waals surface area (Å²) in [5.41, 5.74) is 1.16. The van der Waals surface area contributed by atoms with Crippen LogP contribution in [0, 0.1) is 13.8 Å². The van der Waals surface area contributed by atoms with Crippen LogP contribution < -0.4 is 10.9 Å². The number of aromatic nitrogens is 2. The number of carbonyl (C=O) groups excluding carboxylic acids is 1. The van der Waals surface area contributed by atoms with E-state index in [0.717, 1.165) is 6.42 Å². The largest absolute Gasteiger partial charge is 0.352 e. The van der Waals surface area contributed by atoms with Crippen LogP contribution in [0.5, 0.6) is 0 Å². The third-order valence-electron chi connectivity index (χ3n) is 2.78. The molecule has 18 heavy (non-hydrogen) atoms. The van der Waals surface area contributed by atoms with Gasteiger partial charge in [0.1, 0.15) is 5.56 Å². The minimum atomic E-state index is -0.360. The summed E-state index contributed by atoms with van der Waals surface area (Å²) in [5.74, 6) is -0.330. The Morgan fingerprint density at radius 1 is 1.44 bits per heavy atom. The average molecular weight is 249 g/mol. The summed E-state index contributed by atoms with van der Waals surface area (Å²) in [6.07, 6.45) is 4.64. The van der Waals surface area contributed by atoms with Gasteiger partial charge in [0, 0.05) is 13.6 Å². The van der Waals surface area contributed by atoms with Gasteiger partial charge >= 0.3 is 0 Å². The van der Waals surface area contributed by atoms with Crippen molar-refractivity contribution in [1.29, 1.82) is 0 Å². The molecule has 0 saturated heterocycles. The van der Waals surface area contributed by atoms with Crippen molar-refractivity contribution < 1.29 is 4.79 Å². The lowest BCUT2D eigenvalue weighted by molar-refractivity contribution is 0.0951. The fourth-order valence-corrected chi connectivity index (χ4v) is 1.64. The minimum absolute atomic E-state index is 0.186. The molecule has 0 aliphatic heterocycles. The number of rotatable bonds is 4. The van der Waals surface area contributed by atoms with Crippen LogP contribution in [0.25, 0.3) is 0 Å². The number of nitrogens with zero attached hydrogens (tertiary/aromatic N) is 2. The SMILES string of the molecule is C/C=C/CCNC(=O)c1c(C)c(C)nn(C)c1=O. The zero-order valence-corrected chi connectivity index (χ0v) is 11.3. The first-order valence-electron chi connectivity index (χ1n) is 5.93. The molecule has 0 radical (unpaired) electrons. The monoisotopic (exact) mass is 249 g/mol. The van der Waals surface area contributed by atoms with Crippen molar-refractivity contribution in [3.63, 3.8) is 0 Å². The predicted octanol–water partition coefficient (Wildman–Crippen LogP) is 1.09. The van der Waals surface area contributed by atoms with Gasteiger partial charge in [-0.15, -0.1) is 0 Å². The molecule has 0 saturated carbocycles. The van der Waals surface area contributed by atoms with Crippen molar-refractivity contribution in [3.8, 4) is 0 Å². The Labute approximate surface area is 107 Å². The maximum absolute atomic E-state index is 12.0. The molecule has 5 heteroatoms. The Morgan fingerprint density at radius 2 is 2.11 bits per heavy atom. The highest BCUT2D eigenvalue weighted by Gasteiger charge is 2.16. The highest BCUT2D eigenvalue weighted by atomic mass is 16.2. The second kappa shape index (κ2) is 6.14. The van der Waals surface area contributed by atoms with Crippen molar-refractivity contribution in [2.24, 2.45) is 7.05 Å². The van der Waals surface area contributed by atoms with Gasteiger partial charge in [-0.25, -0.2) is 4.68 Å². The molecule has 1 aromatic heterocycles. The molecule has 0 fully saturated rings. The van der Waals surface area contributed by atoms with Crippen LogP contribution in [-0.4, -0.2) is 22.2 Å². The molecule has 0 unspecified atom stereocenters. The second-order valence-electron chi connectivity index (χ2n) is 4.13. The summed E-state index contributed by atoms with van der Waals surface area (Å²) in [6, 6.07) is 0. The molecule has 1 rings (SSSR count). The van der Waals surface area contributed by atoms with Crippen LogP contribution in [0.15, 0.2) is 16.9 Å². The van der Waals surface area contributed by atoms with Crippen LogP contribution in [0.2, 0.25) is 0 Å². The summed E-state index contributed by atoms with van der Waals surface area (Å²) in [5, 5.41) is 6.78. The average Bonchev–Trinajstić information content (AvgIpc) is 2.32. The molecule has 1 amide bonds. The van der Waals surface area contributed by atoms with Gasteiger partial charge in [-0.2, -0.15) is 5.10 Å². The topological polar surface area (TPSA) is 64.0 Å². The molecule has 1 N–H and O–H groups in total. The van der Waals surface area contributed by atoms with E-state index < -0.39 is 0 Å². The molecule has 0 spiro atoms. The maximum atomic E-state index is 12.0. The number of aryl methyl sites for hydroxylation is 2. The first kappa shape index (κ1) is 14.2. The van der Waals surface area contributed by atoms with Crippen LogP contribution in [0.4, 0.5) is 0 Å². The molecular formula is C13H19N3O2. The minimum Gasteiger partial charge on any atom is -0.352 e. The van der Waals surface area contributed by atoms with E-state index in [2.05, 4.69) is 10.4 Å². The third-order valence-corrected chi connectivity index (χ3v) is 2.78. The lowest BCUT2D eigenvalue weighted by Crippen LogP contribution is -2.35. The number of nitrogens with one attached hydrogen (secondary N) is 1. The number of hydrogen-bond donors (Lipinski definition) is 1. The first-order valence-corrected chi connectivity index (χ1v) is 5.93. The molecule has 0 atom stereocenters. The summed E-state index contributed by atoms with van der Waals surface area (Å²) < 4.78 is 1.20.